The Morgan fingerprint density at radius 3 is 2.72 bits per heavy atom. The molecule has 0 spiro atoms. The number of carbonyl (C=O) groups excluding carboxylic acids is 1. The number of nitrogens with zero attached hydrogens (tertiary/aromatic N) is 2. The van der Waals surface area contributed by atoms with Crippen molar-refractivity contribution in [1.29, 1.82) is 0 Å². The van der Waals surface area contributed by atoms with E-state index in [0.29, 0.717) is 29.7 Å². The van der Waals surface area contributed by atoms with Crippen molar-refractivity contribution in [3.63, 3.8) is 0 Å². The Hall–Kier alpha value is -3.15. The zero-order valence-corrected chi connectivity index (χ0v) is 14.2. The van der Waals surface area contributed by atoms with Gasteiger partial charge in [-0.1, -0.05) is 24.3 Å². The van der Waals surface area contributed by atoms with Crippen molar-refractivity contribution in [2.45, 2.75) is 26.8 Å². The highest BCUT2D eigenvalue weighted by atomic mass is 16.4. The van der Waals surface area contributed by atoms with Gasteiger partial charge >= 0.3 is 0 Å². The number of benzene rings is 1. The summed E-state index contributed by atoms with van der Waals surface area (Å²) in [5.74, 6) is 1.49. The van der Waals surface area contributed by atoms with Gasteiger partial charge in [0, 0.05) is 26.1 Å². The summed E-state index contributed by atoms with van der Waals surface area (Å²) in [6.45, 7) is 4.09. The highest BCUT2D eigenvalue weighted by molar-refractivity contribution is 5.96. The number of ketones is 1. The average Bonchev–Trinajstić information content (AvgIpc) is 2.93. The van der Waals surface area contributed by atoms with Gasteiger partial charge in [0.05, 0.1) is 5.69 Å². The standard InChI is InChI=1S/C19H20N4O2/c1-12-18(23-13(2)25-12)17(24)10-14-5-3-6-15(9-14)11-22-16-7-4-8-21-19(16)20/h3-9,22H,10-11H2,1-2H3,(H2,20,21). The SMILES string of the molecule is Cc1nc(C(=O)Cc2cccc(CNc3cccnc3N)c2)c(C)o1. The molecule has 2 heterocycles. The first kappa shape index (κ1) is 16.7. The fourth-order valence-electron chi connectivity index (χ4n) is 2.67. The Balaban J connectivity index is 1.68. The minimum absolute atomic E-state index is 0.0454. The highest BCUT2D eigenvalue weighted by Crippen LogP contribution is 2.17. The van der Waals surface area contributed by atoms with Crippen LogP contribution in [0.5, 0.6) is 0 Å². The number of pyridine rings is 1. The van der Waals surface area contributed by atoms with E-state index >= 15 is 0 Å². The molecule has 0 fully saturated rings. The molecule has 0 amide bonds. The topological polar surface area (TPSA) is 94.0 Å². The number of nitrogens with one attached hydrogen (secondary N) is 1. The van der Waals surface area contributed by atoms with Crippen LogP contribution in [0.1, 0.15) is 33.3 Å². The summed E-state index contributed by atoms with van der Waals surface area (Å²) in [5.41, 5.74) is 9.01. The monoisotopic (exact) mass is 336 g/mol. The van der Waals surface area contributed by atoms with E-state index in [4.69, 9.17) is 10.2 Å². The molecule has 6 nitrogen and oxygen atoms in total. The largest absolute Gasteiger partial charge is 0.446 e. The van der Waals surface area contributed by atoms with Crippen LogP contribution >= 0.6 is 0 Å². The Labute approximate surface area is 146 Å². The quantitative estimate of drug-likeness (QED) is 0.671. The van der Waals surface area contributed by atoms with Crippen molar-refractivity contribution < 1.29 is 9.21 Å². The van der Waals surface area contributed by atoms with E-state index in [1.54, 1.807) is 20.0 Å². The molecule has 0 bridgehead atoms. The van der Waals surface area contributed by atoms with E-state index < -0.39 is 0 Å². The van der Waals surface area contributed by atoms with Crippen LogP contribution in [0.3, 0.4) is 0 Å². The lowest BCUT2D eigenvalue weighted by atomic mass is 10.0. The molecule has 6 heteroatoms. The number of nitrogens with two attached hydrogens (primary N) is 1. The summed E-state index contributed by atoms with van der Waals surface area (Å²) in [4.78, 5) is 20.6. The number of aryl methyl sites for hydroxylation is 2. The van der Waals surface area contributed by atoms with Crippen LogP contribution in [-0.4, -0.2) is 15.8 Å². The molecule has 0 unspecified atom stereocenters. The van der Waals surface area contributed by atoms with Crippen molar-refractivity contribution in [2.75, 3.05) is 11.1 Å². The first-order valence-electron chi connectivity index (χ1n) is 8.02. The van der Waals surface area contributed by atoms with Crippen LogP contribution in [0.2, 0.25) is 0 Å². The van der Waals surface area contributed by atoms with Gasteiger partial charge in [0.2, 0.25) is 0 Å². The highest BCUT2D eigenvalue weighted by Gasteiger charge is 2.16. The number of hydrogen-bond acceptors (Lipinski definition) is 6. The number of hydrogen-bond donors (Lipinski definition) is 2. The van der Waals surface area contributed by atoms with Crippen LogP contribution < -0.4 is 11.1 Å². The van der Waals surface area contributed by atoms with Gasteiger partial charge in [-0.3, -0.25) is 4.79 Å². The van der Waals surface area contributed by atoms with Gasteiger partial charge in [-0.25, -0.2) is 9.97 Å². The number of rotatable bonds is 6. The van der Waals surface area contributed by atoms with Gasteiger partial charge in [-0.15, -0.1) is 0 Å². The first-order valence-corrected chi connectivity index (χ1v) is 8.02. The Morgan fingerprint density at radius 2 is 2.00 bits per heavy atom. The zero-order valence-electron chi connectivity index (χ0n) is 14.2. The maximum Gasteiger partial charge on any atom is 0.191 e. The molecule has 25 heavy (non-hydrogen) atoms. The molecule has 0 aliphatic carbocycles. The number of nitrogen functional groups attached to an aromatic ring is 1. The molecule has 0 saturated carbocycles. The summed E-state index contributed by atoms with van der Waals surface area (Å²) >= 11 is 0. The number of oxazole rings is 1. The van der Waals surface area contributed by atoms with Gasteiger partial charge in [0.1, 0.15) is 17.3 Å². The van der Waals surface area contributed by atoms with E-state index in [1.807, 2.05) is 36.4 Å². The van der Waals surface area contributed by atoms with Gasteiger partial charge in [0.15, 0.2) is 11.7 Å². The number of anilines is 2. The Kier molecular flexibility index (Phi) is 4.79. The summed E-state index contributed by atoms with van der Waals surface area (Å²) in [6.07, 6.45) is 1.94. The second-order valence-corrected chi connectivity index (χ2v) is 5.85. The fourth-order valence-corrected chi connectivity index (χ4v) is 2.67. The summed E-state index contributed by atoms with van der Waals surface area (Å²) in [5, 5.41) is 3.25. The van der Waals surface area contributed by atoms with Crippen molar-refractivity contribution in [1.82, 2.24) is 9.97 Å². The molecule has 128 valence electrons. The molecule has 1 aromatic carbocycles. The van der Waals surface area contributed by atoms with E-state index in [-0.39, 0.29) is 12.2 Å². The van der Waals surface area contributed by atoms with Crippen molar-refractivity contribution >= 4 is 17.3 Å². The van der Waals surface area contributed by atoms with E-state index in [2.05, 4.69) is 15.3 Å². The number of Topliss-reactive ketones (excluding diaryl/α,β-unsaturated/α-hetero) is 1. The Morgan fingerprint density at radius 1 is 1.20 bits per heavy atom. The molecule has 3 rings (SSSR count). The van der Waals surface area contributed by atoms with Crippen LogP contribution in [-0.2, 0) is 13.0 Å². The zero-order chi connectivity index (χ0) is 17.8. The predicted molar refractivity (Wildman–Crippen MR) is 96.4 cm³/mol. The van der Waals surface area contributed by atoms with Crippen molar-refractivity contribution in [3.8, 4) is 0 Å². The molecular formula is C19H20N4O2. The van der Waals surface area contributed by atoms with E-state index in [1.165, 1.54) is 0 Å². The third-order valence-electron chi connectivity index (χ3n) is 3.85. The van der Waals surface area contributed by atoms with Gasteiger partial charge in [-0.05, 0) is 30.2 Å². The lowest BCUT2D eigenvalue weighted by molar-refractivity contribution is 0.0987. The predicted octanol–water partition coefficient (Wildman–Crippen LogP) is 3.31. The normalized spacial score (nSPS) is 10.6. The number of carbonyl (C=O) groups is 1. The lowest BCUT2D eigenvalue weighted by Gasteiger charge is -2.09. The third-order valence-corrected chi connectivity index (χ3v) is 3.85. The third kappa shape index (κ3) is 4.03. The molecule has 2 aromatic heterocycles. The maximum absolute atomic E-state index is 12.4. The minimum Gasteiger partial charge on any atom is -0.446 e. The molecule has 3 N–H and O–H groups in total. The summed E-state index contributed by atoms with van der Waals surface area (Å²) in [7, 11) is 0. The lowest BCUT2D eigenvalue weighted by Crippen LogP contribution is -2.07. The molecule has 0 radical (unpaired) electrons. The smallest absolute Gasteiger partial charge is 0.191 e. The van der Waals surface area contributed by atoms with Crippen LogP contribution in [0, 0.1) is 13.8 Å². The molecule has 0 atom stereocenters. The summed E-state index contributed by atoms with van der Waals surface area (Å²) < 4.78 is 5.34. The van der Waals surface area contributed by atoms with Crippen molar-refractivity contribution in [3.05, 3.63) is 71.1 Å². The van der Waals surface area contributed by atoms with Crippen LogP contribution in [0.4, 0.5) is 11.5 Å². The number of aromatic nitrogens is 2. The van der Waals surface area contributed by atoms with E-state index in [0.717, 1.165) is 16.8 Å². The second-order valence-electron chi connectivity index (χ2n) is 5.85. The maximum atomic E-state index is 12.4. The van der Waals surface area contributed by atoms with Gasteiger partial charge < -0.3 is 15.5 Å². The van der Waals surface area contributed by atoms with Crippen LogP contribution in [0.15, 0.2) is 47.0 Å². The molecule has 0 aliphatic rings. The fraction of sp³-hybridized carbons (Fsp3) is 0.211. The average molecular weight is 336 g/mol. The minimum atomic E-state index is -0.0454. The van der Waals surface area contributed by atoms with E-state index in [9.17, 15) is 4.79 Å². The van der Waals surface area contributed by atoms with Crippen molar-refractivity contribution in [2.24, 2.45) is 0 Å². The molecule has 3 aromatic rings. The molecule has 0 aliphatic heterocycles. The molecular weight excluding hydrogens is 316 g/mol. The van der Waals surface area contributed by atoms with Gasteiger partial charge in [-0.2, -0.15) is 0 Å². The Bertz CT molecular complexity index is 902. The van der Waals surface area contributed by atoms with Crippen LogP contribution in [0.25, 0.3) is 0 Å². The first-order chi connectivity index (χ1) is 12.0. The molecule has 0 saturated heterocycles. The van der Waals surface area contributed by atoms with Gasteiger partial charge in [0.25, 0.3) is 0 Å². The second kappa shape index (κ2) is 7.17. The summed E-state index contributed by atoms with van der Waals surface area (Å²) in [6, 6.07) is 11.6.